The van der Waals surface area contributed by atoms with Gasteiger partial charge in [-0.3, -0.25) is 9.88 Å². The molecule has 14 heavy (non-hydrogen) atoms. The molecule has 1 saturated heterocycles. The molecule has 1 aliphatic rings. The lowest BCUT2D eigenvalue weighted by Gasteiger charge is -2.14. The maximum atomic E-state index is 5.88. The molecule has 1 atom stereocenters. The monoisotopic (exact) mass is 211 g/mol. The highest BCUT2D eigenvalue weighted by Crippen LogP contribution is 2.13. The van der Waals surface area contributed by atoms with Gasteiger partial charge in [0.25, 0.3) is 0 Å². The molecule has 0 radical (unpaired) electrons. The quantitative estimate of drug-likeness (QED) is 0.801. The van der Waals surface area contributed by atoms with Gasteiger partial charge in [-0.1, -0.05) is 11.6 Å². The highest BCUT2D eigenvalue weighted by molar-refractivity contribution is 6.30. The Kier molecular flexibility index (Phi) is 3.01. The molecule has 1 aromatic rings. The third-order valence-electron chi connectivity index (χ3n) is 2.47. The number of pyridine rings is 1. The lowest BCUT2D eigenvalue weighted by molar-refractivity contribution is 0.323. The van der Waals surface area contributed by atoms with Crippen LogP contribution in [0.15, 0.2) is 18.3 Å². The van der Waals surface area contributed by atoms with Crippen LogP contribution in [0.3, 0.4) is 0 Å². The average Bonchev–Trinajstić information content (AvgIpc) is 2.51. The minimum atomic E-state index is 0.328. The maximum absolute atomic E-state index is 5.88. The minimum absolute atomic E-state index is 0.328. The highest BCUT2D eigenvalue weighted by Gasteiger charge is 2.19. The van der Waals surface area contributed by atoms with Crippen LogP contribution in [0.25, 0.3) is 0 Å². The molecule has 2 heterocycles. The Bertz CT molecular complexity index is 316. The van der Waals surface area contributed by atoms with Crippen LogP contribution < -0.4 is 5.73 Å². The Morgan fingerprint density at radius 2 is 2.50 bits per heavy atom. The lowest BCUT2D eigenvalue weighted by atomic mass is 10.3. The van der Waals surface area contributed by atoms with Gasteiger partial charge >= 0.3 is 0 Å². The molecular formula is C10H14ClN3. The Hall–Kier alpha value is -0.640. The molecule has 0 saturated carbocycles. The van der Waals surface area contributed by atoms with Gasteiger partial charge in [-0.2, -0.15) is 0 Å². The SMILES string of the molecule is N[C@H]1CCN(Cc2cc(Cl)ccn2)C1. The Balaban J connectivity index is 1.97. The summed E-state index contributed by atoms with van der Waals surface area (Å²) in [6.45, 7) is 2.89. The second-order valence-corrected chi connectivity index (χ2v) is 4.19. The molecule has 1 aliphatic heterocycles. The van der Waals surface area contributed by atoms with Crippen LogP contribution >= 0.6 is 11.6 Å². The van der Waals surface area contributed by atoms with Crippen molar-refractivity contribution < 1.29 is 0 Å². The first kappa shape index (κ1) is 9.90. The van der Waals surface area contributed by atoms with Gasteiger partial charge in [-0.15, -0.1) is 0 Å². The summed E-state index contributed by atoms with van der Waals surface area (Å²) in [4.78, 5) is 6.57. The molecule has 0 unspecified atom stereocenters. The third-order valence-corrected chi connectivity index (χ3v) is 2.71. The summed E-state index contributed by atoms with van der Waals surface area (Å²) in [5.74, 6) is 0. The van der Waals surface area contributed by atoms with E-state index in [4.69, 9.17) is 17.3 Å². The van der Waals surface area contributed by atoms with E-state index in [1.807, 2.05) is 6.07 Å². The standard InChI is InChI=1S/C10H14ClN3/c11-8-1-3-13-10(5-8)7-14-4-2-9(12)6-14/h1,3,5,9H,2,4,6-7,12H2/t9-/m0/s1. The van der Waals surface area contributed by atoms with Crippen molar-refractivity contribution >= 4 is 11.6 Å². The maximum Gasteiger partial charge on any atom is 0.0558 e. The van der Waals surface area contributed by atoms with Crippen molar-refractivity contribution in [3.63, 3.8) is 0 Å². The molecule has 0 aromatic carbocycles. The predicted octanol–water partition coefficient (Wildman–Crippen LogP) is 1.27. The van der Waals surface area contributed by atoms with E-state index in [1.165, 1.54) is 0 Å². The number of nitrogens with zero attached hydrogens (tertiary/aromatic N) is 2. The van der Waals surface area contributed by atoms with Gasteiger partial charge in [0.2, 0.25) is 0 Å². The van der Waals surface area contributed by atoms with Crippen molar-refractivity contribution in [2.45, 2.75) is 19.0 Å². The fourth-order valence-electron chi connectivity index (χ4n) is 1.77. The zero-order valence-electron chi connectivity index (χ0n) is 7.99. The van der Waals surface area contributed by atoms with E-state index < -0.39 is 0 Å². The van der Waals surface area contributed by atoms with Crippen LogP contribution in [0.1, 0.15) is 12.1 Å². The summed E-state index contributed by atoms with van der Waals surface area (Å²) in [7, 11) is 0. The molecule has 0 aliphatic carbocycles. The van der Waals surface area contributed by atoms with Crippen molar-refractivity contribution in [2.24, 2.45) is 5.73 Å². The minimum Gasteiger partial charge on any atom is -0.326 e. The molecule has 76 valence electrons. The van der Waals surface area contributed by atoms with Crippen LogP contribution in [0.2, 0.25) is 5.02 Å². The second kappa shape index (κ2) is 4.26. The topological polar surface area (TPSA) is 42.1 Å². The Morgan fingerprint density at radius 3 is 3.14 bits per heavy atom. The first-order chi connectivity index (χ1) is 6.74. The van der Waals surface area contributed by atoms with Crippen molar-refractivity contribution in [1.29, 1.82) is 0 Å². The zero-order chi connectivity index (χ0) is 9.97. The Morgan fingerprint density at radius 1 is 1.64 bits per heavy atom. The second-order valence-electron chi connectivity index (χ2n) is 3.75. The summed E-state index contributed by atoms with van der Waals surface area (Å²) in [6.07, 6.45) is 2.83. The summed E-state index contributed by atoms with van der Waals surface area (Å²) in [6, 6.07) is 4.03. The van der Waals surface area contributed by atoms with Crippen molar-refractivity contribution in [3.05, 3.63) is 29.0 Å². The van der Waals surface area contributed by atoms with E-state index in [-0.39, 0.29) is 0 Å². The number of likely N-dealkylation sites (tertiary alicyclic amines) is 1. The van der Waals surface area contributed by atoms with Crippen molar-refractivity contribution in [1.82, 2.24) is 9.88 Å². The number of hydrogen-bond donors (Lipinski definition) is 1. The van der Waals surface area contributed by atoms with Gasteiger partial charge < -0.3 is 5.73 Å². The van der Waals surface area contributed by atoms with E-state index >= 15 is 0 Å². The number of rotatable bonds is 2. The van der Waals surface area contributed by atoms with E-state index in [0.717, 1.165) is 36.8 Å². The van der Waals surface area contributed by atoms with E-state index in [9.17, 15) is 0 Å². The van der Waals surface area contributed by atoms with E-state index in [1.54, 1.807) is 12.3 Å². The van der Waals surface area contributed by atoms with Crippen LogP contribution in [0.5, 0.6) is 0 Å². The first-order valence-electron chi connectivity index (χ1n) is 4.82. The molecule has 1 fully saturated rings. The first-order valence-corrected chi connectivity index (χ1v) is 5.20. The van der Waals surface area contributed by atoms with Gasteiger partial charge in [0.15, 0.2) is 0 Å². The molecular weight excluding hydrogens is 198 g/mol. The highest BCUT2D eigenvalue weighted by atomic mass is 35.5. The molecule has 1 aromatic heterocycles. The fraction of sp³-hybridized carbons (Fsp3) is 0.500. The molecule has 3 nitrogen and oxygen atoms in total. The molecule has 0 spiro atoms. The van der Waals surface area contributed by atoms with Gasteiger partial charge in [0, 0.05) is 36.9 Å². The molecule has 4 heteroatoms. The number of aromatic nitrogens is 1. The van der Waals surface area contributed by atoms with Crippen LogP contribution in [-0.4, -0.2) is 29.0 Å². The smallest absolute Gasteiger partial charge is 0.0558 e. The molecule has 2 N–H and O–H groups in total. The van der Waals surface area contributed by atoms with E-state index in [0.29, 0.717) is 6.04 Å². The van der Waals surface area contributed by atoms with E-state index in [2.05, 4.69) is 9.88 Å². The number of nitrogens with two attached hydrogens (primary N) is 1. The van der Waals surface area contributed by atoms with Gasteiger partial charge in [-0.05, 0) is 18.6 Å². The summed E-state index contributed by atoms with van der Waals surface area (Å²) < 4.78 is 0. The van der Waals surface area contributed by atoms with Gasteiger partial charge in [0.1, 0.15) is 0 Å². The van der Waals surface area contributed by atoms with Crippen molar-refractivity contribution in [3.8, 4) is 0 Å². The van der Waals surface area contributed by atoms with Crippen molar-refractivity contribution in [2.75, 3.05) is 13.1 Å². The molecule has 0 bridgehead atoms. The molecule has 0 amide bonds. The fourth-order valence-corrected chi connectivity index (χ4v) is 1.95. The normalized spacial score (nSPS) is 22.9. The zero-order valence-corrected chi connectivity index (χ0v) is 8.74. The summed E-state index contributed by atoms with van der Waals surface area (Å²) in [5.41, 5.74) is 6.84. The Labute approximate surface area is 88.9 Å². The van der Waals surface area contributed by atoms with Crippen LogP contribution in [0.4, 0.5) is 0 Å². The summed E-state index contributed by atoms with van der Waals surface area (Å²) >= 11 is 5.88. The lowest BCUT2D eigenvalue weighted by Crippen LogP contribution is -2.26. The number of hydrogen-bond acceptors (Lipinski definition) is 3. The van der Waals surface area contributed by atoms with Crippen LogP contribution in [-0.2, 0) is 6.54 Å². The number of halogens is 1. The van der Waals surface area contributed by atoms with Gasteiger partial charge in [0.05, 0.1) is 5.69 Å². The predicted molar refractivity (Wildman–Crippen MR) is 57.1 cm³/mol. The van der Waals surface area contributed by atoms with Gasteiger partial charge in [-0.25, -0.2) is 0 Å². The third kappa shape index (κ3) is 2.44. The van der Waals surface area contributed by atoms with Crippen LogP contribution in [0, 0.1) is 0 Å². The summed E-state index contributed by atoms with van der Waals surface area (Å²) in [5, 5.41) is 0.749. The average molecular weight is 212 g/mol. The largest absolute Gasteiger partial charge is 0.326 e. The molecule has 2 rings (SSSR count).